The Hall–Kier alpha value is -2.79. The van der Waals surface area contributed by atoms with Gasteiger partial charge in [-0.1, -0.05) is 0 Å². The van der Waals surface area contributed by atoms with E-state index in [0.29, 0.717) is 51.3 Å². The number of carbonyl (C=O) groups excluding carboxylic acids is 1. The summed E-state index contributed by atoms with van der Waals surface area (Å²) in [5, 5.41) is 12.8. The molecule has 39 heavy (non-hydrogen) atoms. The molecule has 208 valence electrons. The Kier molecular flexibility index (Phi) is 7.83. The molecular formula is C26H27F3N4O4S2. The number of sulfonamides is 1. The van der Waals surface area contributed by atoms with Crippen molar-refractivity contribution in [1.82, 2.24) is 9.62 Å². The van der Waals surface area contributed by atoms with Crippen molar-refractivity contribution in [2.45, 2.75) is 46.9 Å². The van der Waals surface area contributed by atoms with Gasteiger partial charge < -0.3 is 10.1 Å². The number of benzene rings is 2. The van der Waals surface area contributed by atoms with Crippen molar-refractivity contribution in [3.05, 3.63) is 53.6 Å². The summed E-state index contributed by atoms with van der Waals surface area (Å²) in [5.41, 5.74) is -1.57. The topological polar surface area (TPSA) is 112 Å². The lowest BCUT2D eigenvalue weighted by molar-refractivity contribution is -0.141. The summed E-state index contributed by atoms with van der Waals surface area (Å²) in [6.45, 7) is 1.57. The highest BCUT2D eigenvalue weighted by Crippen LogP contribution is 2.48. The summed E-state index contributed by atoms with van der Waals surface area (Å²) in [6, 6.07) is 9.15. The molecule has 6 rings (SSSR count). The lowest BCUT2D eigenvalue weighted by Crippen LogP contribution is -2.52. The molecule has 0 radical (unpaired) electrons. The minimum absolute atomic E-state index is 0.168. The van der Waals surface area contributed by atoms with Crippen LogP contribution in [0, 0.1) is 28.9 Å². The first kappa shape index (κ1) is 27.8. The Morgan fingerprint density at radius 1 is 1.23 bits per heavy atom. The molecule has 0 spiro atoms. The zero-order chi connectivity index (χ0) is 27.8. The van der Waals surface area contributed by atoms with Gasteiger partial charge in [0.2, 0.25) is 0 Å². The molecule has 2 aromatic rings. The van der Waals surface area contributed by atoms with Crippen LogP contribution in [0.3, 0.4) is 0 Å². The smallest absolute Gasteiger partial charge is 0.265 e. The van der Waals surface area contributed by atoms with Crippen LogP contribution in [0.2, 0.25) is 0 Å². The Morgan fingerprint density at radius 2 is 1.95 bits per heavy atom. The lowest BCUT2D eigenvalue weighted by atomic mass is 9.74. The minimum Gasteiger partial charge on any atom is -0.378 e. The van der Waals surface area contributed by atoms with Crippen LogP contribution in [-0.2, 0) is 19.6 Å². The first-order valence-electron chi connectivity index (χ1n) is 12.5. The number of nitrogens with one attached hydrogen (secondary N) is 2. The maximum absolute atomic E-state index is 15.3. The van der Waals surface area contributed by atoms with Crippen molar-refractivity contribution in [2.75, 3.05) is 37.3 Å². The summed E-state index contributed by atoms with van der Waals surface area (Å²) in [7, 11) is -4.46. The van der Waals surface area contributed by atoms with E-state index in [-0.39, 0.29) is 29.0 Å². The lowest BCUT2D eigenvalue weighted by Gasteiger charge is -2.35. The van der Waals surface area contributed by atoms with Crippen LogP contribution in [-0.4, -0.2) is 69.0 Å². The van der Waals surface area contributed by atoms with Crippen LogP contribution in [0.5, 0.6) is 0 Å². The molecule has 0 unspecified atom stereocenters. The number of rotatable bonds is 11. The van der Waals surface area contributed by atoms with E-state index in [9.17, 15) is 27.3 Å². The number of nitrogens with zero attached hydrogens (tertiary/aromatic N) is 2. The first-order valence-corrected chi connectivity index (χ1v) is 15.0. The largest absolute Gasteiger partial charge is 0.378 e. The number of carbonyl (C=O) groups is 1. The quantitative estimate of drug-likeness (QED) is 0.389. The fraction of sp³-hybridized carbons (Fsp3) is 0.462. The maximum Gasteiger partial charge on any atom is 0.265 e. The second-order valence-corrected chi connectivity index (χ2v) is 13.0. The number of fused-ring (bicyclic) bond motifs is 1. The molecule has 0 aromatic heterocycles. The fourth-order valence-corrected chi connectivity index (χ4v) is 7.09. The van der Waals surface area contributed by atoms with E-state index in [0.717, 1.165) is 17.0 Å². The van der Waals surface area contributed by atoms with E-state index >= 15 is 4.39 Å². The molecule has 4 fully saturated rings. The first-order chi connectivity index (χ1) is 18.6. The van der Waals surface area contributed by atoms with E-state index in [4.69, 9.17) is 4.74 Å². The Labute approximate surface area is 228 Å². The van der Waals surface area contributed by atoms with Gasteiger partial charge in [0.15, 0.2) is 0 Å². The van der Waals surface area contributed by atoms with Gasteiger partial charge in [-0.05, 0) is 61.6 Å². The van der Waals surface area contributed by atoms with Crippen LogP contribution < -0.4 is 10.0 Å². The van der Waals surface area contributed by atoms with E-state index < -0.39 is 38.4 Å². The number of halogens is 3. The normalized spacial score (nSPS) is 23.4. The predicted octanol–water partition coefficient (Wildman–Crippen LogP) is 3.44. The Morgan fingerprint density at radius 3 is 2.56 bits per heavy atom. The SMILES string of the molecule is N#Cc1cc(S(=O)(=O)NC(=O)C23CC(CO2)C3)cc(F)c1N[C@H](CCN1CC(F)C1)CSc1ccc(F)cc1. The number of hydrogen-bond donors (Lipinski definition) is 2. The molecular weight excluding hydrogens is 553 g/mol. The average Bonchev–Trinajstić information content (AvgIpc) is 3.48. The zero-order valence-electron chi connectivity index (χ0n) is 20.8. The highest BCUT2D eigenvalue weighted by molar-refractivity contribution is 7.99. The number of nitriles is 1. The number of anilines is 1. The van der Waals surface area contributed by atoms with Gasteiger partial charge in [-0.25, -0.2) is 26.3 Å². The van der Waals surface area contributed by atoms with E-state index in [1.165, 1.54) is 23.9 Å². The molecule has 3 heterocycles. The van der Waals surface area contributed by atoms with E-state index in [2.05, 4.69) is 5.32 Å². The van der Waals surface area contributed by atoms with Gasteiger partial charge in [-0.3, -0.25) is 9.69 Å². The summed E-state index contributed by atoms with van der Waals surface area (Å²) in [4.78, 5) is 14.8. The molecule has 8 nitrogen and oxygen atoms in total. The summed E-state index contributed by atoms with van der Waals surface area (Å²) >= 11 is 1.40. The predicted molar refractivity (Wildman–Crippen MR) is 138 cm³/mol. The summed E-state index contributed by atoms with van der Waals surface area (Å²) < 4.78 is 75.0. The Bertz CT molecular complexity index is 1380. The third-order valence-electron chi connectivity index (χ3n) is 7.29. The standard InChI is InChI=1S/C26H27F3N4O4S2/c27-18-1-3-21(4-2-18)38-15-20(5-6-33-12-19(28)13-33)31-24-17(11-30)7-22(8-23(24)29)39(35,36)32-25(34)26-9-16(10-26)14-37-26/h1-4,7-8,16,19-20,31H,5-6,9-10,12-15H2,(H,32,34)/t16?,20-,26?/m1/s1. The van der Waals surface area contributed by atoms with Crippen LogP contribution in [0.4, 0.5) is 18.9 Å². The van der Waals surface area contributed by atoms with Gasteiger partial charge >= 0.3 is 0 Å². The number of amides is 1. The van der Waals surface area contributed by atoms with E-state index in [1.54, 1.807) is 12.1 Å². The summed E-state index contributed by atoms with van der Waals surface area (Å²) in [5.74, 6) is -1.48. The molecule has 3 aliphatic heterocycles. The fourth-order valence-electron chi connectivity index (χ4n) is 5.04. The van der Waals surface area contributed by atoms with Gasteiger partial charge in [-0.15, -0.1) is 11.8 Å². The van der Waals surface area contributed by atoms with Gasteiger partial charge in [0.1, 0.15) is 29.5 Å². The van der Waals surface area contributed by atoms with Crippen LogP contribution in [0.15, 0.2) is 46.2 Å². The average molecular weight is 581 g/mol. The van der Waals surface area contributed by atoms with Gasteiger partial charge in [0.25, 0.3) is 15.9 Å². The van der Waals surface area contributed by atoms with Gasteiger partial charge in [0.05, 0.1) is 22.8 Å². The van der Waals surface area contributed by atoms with Crippen molar-refractivity contribution < 1.29 is 31.1 Å². The third kappa shape index (κ3) is 6.04. The van der Waals surface area contributed by atoms with Crippen molar-refractivity contribution in [3.8, 4) is 6.07 Å². The second kappa shape index (κ2) is 11.0. The summed E-state index contributed by atoms with van der Waals surface area (Å²) in [6.07, 6.45) is 0.504. The molecule has 1 saturated carbocycles. The number of thioether (sulfide) groups is 1. The van der Waals surface area contributed by atoms with Gasteiger partial charge in [-0.2, -0.15) is 5.26 Å². The number of hydrogen-bond acceptors (Lipinski definition) is 8. The third-order valence-corrected chi connectivity index (χ3v) is 9.77. The van der Waals surface area contributed by atoms with E-state index in [1.807, 2.05) is 15.7 Å². The minimum atomic E-state index is -4.46. The second-order valence-electron chi connectivity index (χ2n) is 10.2. The Balaban J connectivity index is 1.31. The molecule has 13 heteroatoms. The maximum atomic E-state index is 15.3. The van der Waals surface area contributed by atoms with Crippen LogP contribution in [0.1, 0.15) is 24.8 Å². The zero-order valence-corrected chi connectivity index (χ0v) is 22.5. The number of likely N-dealkylation sites (tertiary alicyclic amines) is 1. The molecule has 1 amide bonds. The van der Waals surface area contributed by atoms with Crippen molar-refractivity contribution in [1.29, 1.82) is 5.26 Å². The highest BCUT2D eigenvalue weighted by Gasteiger charge is 2.58. The molecule has 2 aromatic carbocycles. The monoisotopic (exact) mass is 580 g/mol. The number of ether oxygens (including phenoxy) is 1. The molecule has 4 aliphatic rings. The molecule has 1 atom stereocenters. The van der Waals surface area contributed by atoms with Crippen molar-refractivity contribution >= 4 is 33.4 Å². The van der Waals surface area contributed by atoms with Gasteiger partial charge in [0, 0.05) is 36.3 Å². The van der Waals surface area contributed by atoms with Crippen molar-refractivity contribution in [2.24, 2.45) is 5.92 Å². The van der Waals surface area contributed by atoms with Crippen LogP contribution in [0.25, 0.3) is 0 Å². The molecule has 2 N–H and O–H groups in total. The molecule has 2 bridgehead atoms. The van der Waals surface area contributed by atoms with Crippen molar-refractivity contribution in [3.63, 3.8) is 0 Å². The molecule has 3 saturated heterocycles. The number of alkyl halides is 1. The molecule has 1 aliphatic carbocycles. The van der Waals surface area contributed by atoms with Crippen LogP contribution >= 0.6 is 11.8 Å². The highest BCUT2D eigenvalue weighted by atomic mass is 32.2.